The second-order valence-corrected chi connectivity index (χ2v) is 4.14. The molecule has 2 unspecified atom stereocenters. The van der Waals surface area contributed by atoms with Gasteiger partial charge in [-0.3, -0.25) is 11.3 Å². The molecule has 15 heavy (non-hydrogen) atoms. The van der Waals surface area contributed by atoms with Crippen molar-refractivity contribution in [3.05, 3.63) is 48.0 Å². The van der Waals surface area contributed by atoms with Gasteiger partial charge in [-0.2, -0.15) is 0 Å². The largest absolute Gasteiger partial charge is 0.271 e. The van der Waals surface area contributed by atoms with Gasteiger partial charge >= 0.3 is 0 Å². The SMILES string of the molecule is C=CCC(NN)C1CCc2ccccc21. The van der Waals surface area contributed by atoms with Crippen LogP contribution in [0.25, 0.3) is 0 Å². The smallest absolute Gasteiger partial charge is 0.0313 e. The average Bonchev–Trinajstić information content (AvgIpc) is 2.70. The van der Waals surface area contributed by atoms with Crippen molar-refractivity contribution in [3.63, 3.8) is 0 Å². The van der Waals surface area contributed by atoms with Crippen LogP contribution < -0.4 is 11.3 Å². The maximum atomic E-state index is 5.60. The van der Waals surface area contributed by atoms with Crippen molar-refractivity contribution in [2.45, 2.75) is 31.2 Å². The highest BCUT2D eigenvalue weighted by Crippen LogP contribution is 2.35. The fourth-order valence-corrected chi connectivity index (χ4v) is 2.54. The number of nitrogens with two attached hydrogens (primary N) is 1. The molecule has 1 aromatic rings. The van der Waals surface area contributed by atoms with Crippen LogP contribution in [0.4, 0.5) is 0 Å². The maximum absolute atomic E-state index is 5.60. The Morgan fingerprint density at radius 2 is 2.33 bits per heavy atom. The highest BCUT2D eigenvalue weighted by atomic mass is 15.2. The van der Waals surface area contributed by atoms with Crippen LogP contribution in [0.1, 0.15) is 29.9 Å². The quantitative estimate of drug-likeness (QED) is 0.446. The summed E-state index contributed by atoms with van der Waals surface area (Å²) in [5, 5.41) is 0. The lowest BCUT2D eigenvalue weighted by atomic mass is 9.91. The number of nitrogens with one attached hydrogen (secondary N) is 1. The second-order valence-electron chi connectivity index (χ2n) is 4.14. The van der Waals surface area contributed by atoms with Crippen molar-refractivity contribution in [2.75, 3.05) is 0 Å². The summed E-state index contributed by atoms with van der Waals surface area (Å²) in [6.07, 6.45) is 5.24. The van der Waals surface area contributed by atoms with Crippen molar-refractivity contribution in [3.8, 4) is 0 Å². The Labute approximate surface area is 91.2 Å². The molecule has 1 aliphatic carbocycles. The monoisotopic (exact) mass is 202 g/mol. The zero-order chi connectivity index (χ0) is 10.7. The topological polar surface area (TPSA) is 38.0 Å². The summed E-state index contributed by atoms with van der Waals surface area (Å²) in [6.45, 7) is 3.78. The predicted molar refractivity (Wildman–Crippen MR) is 63.4 cm³/mol. The van der Waals surface area contributed by atoms with Gasteiger partial charge in [-0.1, -0.05) is 30.3 Å². The first kappa shape index (κ1) is 10.4. The Hall–Kier alpha value is -1.12. The minimum Gasteiger partial charge on any atom is -0.271 e. The molecule has 0 radical (unpaired) electrons. The van der Waals surface area contributed by atoms with E-state index in [1.807, 2.05) is 6.08 Å². The number of benzene rings is 1. The Balaban J connectivity index is 2.21. The lowest BCUT2D eigenvalue weighted by molar-refractivity contribution is 0.440. The molecule has 2 atom stereocenters. The summed E-state index contributed by atoms with van der Waals surface area (Å²) >= 11 is 0. The van der Waals surface area contributed by atoms with E-state index in [-0.39, 0.29) is 0 Å². The highest BCUT2D eigenvalue weighted by Gasteiger charge is 2.27. The van der Waals surface area contributed by atoms with Gasteiger partial charge in [0.15, 0.2) is 0 Å². The molecule has 3 N–H and O–H groups in total. The standard InChI is InChI=1S/C13H18N2/c1-2-5-13(15-14)12-9-8-10-6-3-4-7-11(10)12/h2-4,6-7,12-13,15H,1,5,8-9,14H2. The molecular weight excluding hydrogens is 184 g/mol. The number of hydrazine groups is 1. The van der Waals surface area contributed by atoms with E-state index in [2.05, 4.69) is 36.3 Å². The van der Waals surface area contributed by atoms with Gasteiger partial charge in [0.05, 0.1) is 0 Å². The molecular formula is C13H18N2. The third-order valence-corrected chi connectivity index (χ3v) is 3.30. The van der Waals surface area contributed by atoms with Crippen molar-refractivity contribution in [2.24, 2.45) is 5.84 Å². The number of rotatable bonds is 4. The molecule has 0 saturated carbocycles. The molecule has 0 amide bonds. The molecule has 0 saturated heterocycles. The summed E-state index contributed by atoms with van der Waals surface area (Å²) in [6, 6.07) is 8.99. The Morgan fingerprint density at radius 3 is 3.07 bits per heavy atom. The second kappa shape index (κ2) is 4.60. The van der Waals surface area contributed by atoms with Crippen molar-refractivity contribution >= 4 is 0 Å². The van der Waals surface area contributed by atoms with Crippen LogP contribution in [0.15, 0.2) is 36.9 Å². The van der Waals surface area contributed by atoms with Gasteiger partial charge in [0.2, 0.25) is 0 Å². The number of hydrogen-bond donors (Lipinski definition) is 2. The normalized spacial score (nSPS) is 21.0. The first-order chi connectivity index (χ1) is 7.36. The molecule has 0 heterocycles. The Bertz CT molecular complexity index is 346. The summed E-state index contributed by atoms with van der Waals surface area (Å²) in [5.41, 5.74) is 5.85. The van der Waals surface area contributed by atoms with E-state index in [4.69, 9.17) is 5.84 Å². The van der Waals surface area contributed by atoms with E-state index in [0.29, 0.717) is 12.0 Å². The van der Waals surface area contributed by atoms with E-state index in [1.54, 1.807) is 0 Å². The summed E-state index contributed by atoms with van der Waals surface area (Å²) < 4.78 is 0. The lowest BCUT2D eigenvalue weighted by Gasteiger charge is -2.22. The number of aryl methyl sites for hydroxylation is 1. The molecule has 1 aromatic carbocycles. The molecule has 0 bridgehead atoms. The molecule has 0 spiro atoms. The van der Waals surface area contributed by atoms with Crippen LogP contribution in [-0.2, 0) is 6.42 Å². The molecule has 2 nitrogen and oxygen atoms in total. The highest BCUT2D eigenvalue weighted by molar-refractivity contribution is 5.36. The zero-order valence-electron chi connectivity index (χ0n) is 8.95. The van der Waals surface area contributed by atoms with E-state index in [0.717, 1.165) is 6.42 Å². The predicted octanol–water partition coefficient (Wildman–Crippen LogP) is 2.12. The summed E-state index contributed by atoms with van der Waals surface area (Å²) in [5.74, 6) is 6.14. The van der Waals surface area contributed by atoms with Crippen molar-refractivity contribution in [1.82, 2.24) is 5.43 Å². The average molecular weight is 202 g/mol. The van der Waals surface area contributed by atoms with Crippen molar-refractivity contribution < 1.29 is 0 Å². The fourth-order valence-electron chi connectivity index (χ4n) is 2.54. The van der Waals surface area contributed by atoms with Gasteiger partial charge in [-0.25, -0.2) is 0 Å². The van der Waals surface area contributed by atoms with E-state index in [1.165, 1.54) is 24.0 Å². The van der Waals surface area contributed by atoms with Gasteiger partial charge in [0.25, 0.3) is 0 Å². The molecule has 0 aliphatic heterocycles. The number of hydrogen-bond acceptors (Lipinski definition) is 2. The number of fused-ring (bicyclic) bond motifs is 1. The summed E-state index contributed by atoms with van der Waals surface area (Å²) in [4.78, 5) is 0. The van der Waals surface area contributed by atoms with Crippen LogP contribution in [0, 0.1) is 0 Å². The lowest BCUT2D eigenvalue weighted by Crippen LogP contribution is -2.38. The van der Waals surface area contributed by atoms with E-state index < -0.39 is 0 Å². The van der Waals surface area contributed by atoms with Crippen LogP contribution >= 0.6 is 0 Å². The molecule has 2 rings (SSSR count). The molecule has 1 aliphatic rings. The van der Waals surface area contributed by atoms with Gasteiger partial charge in [0, 0.05) is 12.0 Å². The third-order valence-electron chi connectivity index (χ3n) is 3.30. The van der Waals surface area contributed by atoms with E-state index in [9.17, 15) is 0 Å². The van der Waals surface area contributed by atoms with Gasteiger partial charge in [-0.05, 0) is 30.4 Å². The summed E-state index contributed by atoms with van der Waals surface area (Å²) in [7, 11) is 0. The molecule has 0 aromatic heterocycles. The Kier molecular flexibility index (Phi) is 3.19. The first-order valence-corrected chi connectivity index (χ1v) is 5.51. The van der Waals surface area contributed by atoms with Crippen LogP contribution in [0.3, 0.4) is 0 Å². The zero-order valence-corrected chi connectivity index (χ0v) is 8.95. The van der Waals surface area contributed by atoms with Crippen LogP contribution in [0.2, 0.25) is 0 Å². The minimum atomic E-state index is 0.325. The van der Waals surface area contributed by atoms with Gasteiger partial charge in [-0.15, -0.1) is 6.58 Å². The van der Waals surface area contributed by atoms with Crippen molar-refractivity contribution in [1.29, 1.82) is 0 Å². The maximum Gasteiger partial charge on any atom is 0.0313 e. The van der Waals surface area contributed by atoms with Crippen LogP contribution in [0.5, 0.6) is 0 Å². The Morgan fingerprint density at radius 1 is 1.53 bits per heavy atom. The van der Waals surface area contributed by atoms with Crippen LogP contribution in [-0.4, -0.2) is 6.04 Å². The molecule has 2 heteroatoms. The van der Waals surface area contributed by atoms with Gasteiger partial charge < -0.3 is 0 Å². The molecule has 80 valence electrons. The third kappa shape index (κ3) is 1.96. The minimum absolute atomic E-state index is 0.325. The molecule has 0 fully saturated rings. The first-order valence-electron chi connectivity index (χ1n) is 5.51. The van der Waals surface area contributed by atoms with Gasteiger partial charge in [0.1, 0.15) is 0 Å². The fraction of sp³-hybridized carbons (Fsp3) is 0.385. The van der Waals surface area contributed by atoms with E-state index >= 15 is 0 Å².